The van der Waals surface area contributed by atoms with E-state index < -0.39 is 5.82 Å². The van der Waals surface area contributed by atoms with Gasteiger partial charge in [-0.15, -0.1) is 0 Å². The zero-order valence-corrected chi connectivity index (χ0v) is 11.5. The number of amides is 1. The van der Waals surface area contributed by atoms with Crippen molar-refractivity contribution in [3.63, 3.8) is 0 Å². The minimum Gasteiger partial charge on any atom is -0.324 e. The molecule has 1 aromatic carbocycles. The van der Waals surface area contributed by atoms with Crippen molar-refractivity contribution in [1.82, 2.24) is 10.2 Å². The molecule has 1 fully saturated rings. The van der Waals surface area contributed by atoms with E-state index in [2.05, 4.69) is 22.5 Å². The molecule has 0 spiro atoms. The van der Waals surface area contributed by atoms with E-state index >= 15 is 0 Å². The average Bonchev–Trinajstić information content (AvgIpc) is 2.36. The molecule has 2 rings (SSSR count). The lowest BCUT2D eigenvalue weighted by atomic mass is 10.2. The van der Waals surface area contributed by atoms with E-state index in [1.807, 2.05) is 0 Å². The highest BCUT2D eigenvalue weighted by Gasteiger charge is 2.20. The quantitative estimate of drug-likeness (QED) is 0.889. The summed E-state index contributed by atoms with van der Waals surface area (Å²) in [5.74, 6) is -0.555. The maximum absolute atomic E-state index is 12.9. The summed E-state index contributed by atoms with van der Waals surface area (Å²) in [6.45, 7) is 4.99. The fourth-order valence-electron chi connectivity index (χ4n) is 2.08. The van der Waals surface area contributed by atoms with Gasteiger partial charge in [-0.2, -0.15) is 0 Å². The van der Waals surface area contributed by atoms with Crippen LogP contribution in [0.2, 0.25) is 5.02 Å². The Hall–Kier alpha value is -1.17. The van der Waals surface area contributed by atoms with Crippen LogP contribution in [-0.4, -0.2) is 43.0 Å². The molecule has 1 aliphatic rings. The highest BCUT2D eigenvalue weighted by atomic mass is 35.5. The number of halogens is 2. The molecule has 0 aromatic heterocycles. The zero-order chi connectivity index (χ0) is 13.8. The van der Waals surface area contributed by atoms with Gasteiger partial charge in [-0.25, -0.2) is 4.39 Å². The Kier molecular flexibility index (Phi) is 4.74. The predicted octanol–water partition coefficient (Wildman–Crippen LogP) is 1.71. The van der Waals surface area contributed by atoms with Crippen LogP contribution < -0.4 is 10.6 Å². The van der Waals surface area contributed by atoms with Gasteiger partial charge in [0, 0.05) is 25.7 Å². The summed E-state index contributed by atoms with van der Waals surface area (Å²) < 4.78 is 12.9. The van der Waals surface area contributed by atoms with Crippen molar-refractivity contribution in [2.24, 2.45) is 0 Å². The largest absolute Gasteiger partial charge is 0.324 e. The molecule has 6 heteroatoms. The molecule has 0 bridgehead atoms. The van der Waals surface area contributed by atoms with Gasteiger partial charge in [0.05, 0.1) is 17.3 Å². The molecule has 1 unspecified atom stereocenters. The van der Waals surface area contributed by atoms with Gasteiger partial charge in [0.1, 0.15) is 5.82 Å². The van der Waals surface area contributed by atoms with Crippen LogP contribution in [0.1, 0.15) is 6.92 Å². The third kappa shape index (κ3) is 3.89. The molecule has 1 saturated heterocycles. The van der Waals surface area contributed by atoms with Gasteiger partial charge in [-0.05, 0) is 25.1 Å². The van der Waals surface area contributed by atoms with Crippen LogP contribution in [0.4, 0.5) is 10.1 Å². The number of carbonyl (C=O) groups excluding carboxylic acids is 1. The van der Waals surface area contributed by atoms with Crippen molar-refractivity contribution in [3.05, 3.63) is 29.0 Å². The smallest absolute Gasteiger partial charge is 0.238 e. The molecule has 1 aromatic rings. The topological polar surface area (TPSA) is 44.4 Å². The van der Waals surface area contributed by atoms with E-state index in [0.717, 1.165) is 19.6 Å². The molecule has 4 nitrogen and oxygen atoms in total. The molecule has 1 aliphatic heterocycles. The third-order valence-corrected chi connectivity index (χ3v) is 3.50. The fourth-order valence-corrected chi connectivity index (χ4v) is 2.30. The molecule has 0 radical (unpaired) electrons. The standard InChI is InChI=1S/C13H17ClFN3O/c1-9-7-16-4-5-18(9)8-13(19)17-12-3-2-10(15)6-11(12)14/h2-3,6,9,16H,4-5,7-8H2,1H3,(H,17,19). The number of benzene rings is 1. The molecule has 0 aliphatic carbocycles. The van der Waals surface area contributed by atoms with Crippen LogP contribution in [-0.2, 0) is 4.79 Å². The summed E-state index contributed by atoms with van der Waals surface area (Å²) in [6.07, 6.45) is 0. The highest BCUT2D eigenvalue weighted by Crippen LogP contribution is 2.22. The van der Waals surface area contributed by atoms with Crippen molar-refractivity contribution in [3.8, 4) is 0 Å². The normalized spacial score (nSPS) is 20.3. The van der Waals surface area contributed by atoms with Gasteiger partial charge in [0.15, 0.2) is 0 Å². The Balaban J connectivity index is 1.93. The van der Waals surface area contributed by atoms with E-state index in [1.165, 1.54) is 18.2 Å². The first-order valence-corrected chi connectivity index (χ1v) is 6.64. The number of rotatable bonds is 3. The number of nitrogens with one attached hydrogen (secondary N) is 2. The van der Waals surface area contributed by atoms with E-state index in [0.29, 0.717) is 18.3 Å². The van der Waals surface area contributed by atoms with Crippen molar-refractivity contribution in [2.45, 2.75) is 13.0 Å². The predicted molar refractivity (Wildman–Crippen MR) is 73.9 cm³/mol. The Morgan fingerprint density at radius 2 is 2.42 bits per heavy atom. The Bertz CT molecular complexity index is 469. The second-order valence-corrected chi connectivity index (χ2v) is 5.10. The lowest BCUT2D eigenvalue weighted by Crippen LogP contribution is -2.51. The summed E-state index contributed by atoms with van der Waals surface area (Å²) in [5.41, 5.74) is 0.441. The number of piperazine rings is 1. The van der Waals surface area contributed by atoms with Crippen molar-refractivity contribution in [1.29, 1.82) is 0 Å². The molecule has 104 valence electrons. The highest BCUT2D eigenvalue weighted by molar-refractivity contribution is 6.33. The maximum Gasteiger partial charge on any atom is 0.238 e. The Labute approximate surface area is 116 Å². The van der Waals surface area contributed by atoms with Gasteiger partial charge < -0.3 is 10.6 Å². The third-order valence-electron chi connectivity index (χ3n) is 3.19. The molecule has 1 atom stereocenters. The molecular weight excluding hydrogens is 269 g/mol. The summed E-state index contributed by atoms with van der Waals surface area (Å²) in [7, 11) is 0. The molecule has 2 N–H and O–H groups in total. The first-order valence-electron chi connectivity index (χ1n) is 6.26. The summed E-state index contributed by atoms with van der Waals surface area (Å²) in [6, 6.07) is 4.25. The van der Waals surface area contributed by atoms with Crippen molar-refractivity contribution in [2.75, 3.05) is 31.5 Å². The van der Waals surface area contributed by atoms with Crippen LogP contribution in [0.25, 0.3) is 0 Å². The minimum absolute atomic E-state index is 0.137. The molecule has 0 saturated carbocycles. The number of carbonyl (C=O) groups is 1. The number of hydrogen-bond donors (Lipinski definition) is 2. The Morgan fingerprint density at radius 3 is 3.11 bits per heavy atom. The molecule has 1 amide bonds. The molecule has 19 heavy (non-hydrogen) atoms. The molecule has 1 heterocycles. The van der Waals surface area contributed by atoms with Gasteiger partial charge in [0.25, 0.3) is 0 Å². The van der Waals surface area contributed by atoms with Gasteiger partial charge in [-0.3, -0.25) is 9.69 Å². The van der Waals surface area contributed by atoms with Crippen LogP contribution in [0.5, 0.6) is 0 Å². The van der Waals surface area contributed by atoms with E-state index in [-0.39, 0.29) is 10.9 Å². The maximum atomic E-state index is 12.9. The van der Waals surface area contributed by atoms with Crippen LogP contribution in [0.3, 0.4) is 0 Å². The second-order valence-electron chi connectivity index (χ2n) is 4.70. The van der Waals surface area contributed by atoms with Crippen molar-refractivity contribution < 1.29 is 9.18 Å². The van der Waals surface area contributed by atoms with E-state index in [1.54, 1.807) is 0 Å². The van der Waals surface area contributed by atoms with Gasteiger partial charge >= 0.3 is 0 Å². The number of hydrogen-bond acceptors (Lipinski definition) is 3. The zero-order valence-electron chi connectivity index (χ0n) is 10.7. The summed E-state index contributed by atoms with van der Waals surface area (Å²) in [4.78, 5) is 14.0. The van der Waals surface area contributed by atoms with Crippen LogP contribution in [0.15, 0.2) is 18.2 Å². The minimum atomic E-state index is -0.418. The fraction of sp³-hybridized carbons (Fsp3) is 0.462. The van der Waals surface area contributed by atoms with Crippen molar-refractivity contribution >= 4 is 23.2 Å². The summed E-state index contributed by atoms with van der Waals surface area (Å²) in [5, 5.41) is 6.18. The SMILES string of the molecule is CC1CNCCN1CC(=O)Nc1ccc(F)cc1Cl. The first-order chi connectivity index (χ1) is 9.06. The monoisotopic (exact) mass is 285 g/mol. The van der Waals surface area contributed by atoms with Gasteiger partial charge in [0.2, 0.25) is 5.91 Å². The lowest BCUT2D eigenvalue weighted by molar-refractivity contribution is -0.118. The van der Waals surface area contributed by atoms with Crippen LogP contribution in [0, 0.1) is 5.82 Å². The molecular formula is C13H17ClFN3O. The lowest BCUT2D eigenvalue weighted by Gasteiger charge is -2.33. The Morgan fingerprint density at radius 1 is 1.63 bits per heavy atom. The van der Waals surface area contributed by atoms with E-state index in [4.69, 9.17) is 11.6 Å². The van der Waals surface area contributed by atoms with E-state index in [9.17, 15) is 9.18 Å². The average molecular weight is 286 g/mol. The summed E-state index contributed by atoms with van der Waals surface area (Å²) >= 11 is 5.87. The van der Waals surface area contributed by atoms with Crippen LogP contribution >= 0.6 is 11.6 Å². The second kappa shape index (κ2) is 6.32. The number of anilines is 1. The number of nitrogens with zero attached hydrogens (tertiary/aromatic N) is 1. The first kappa shape index (κ1) is 14.2. The van der Waals surface area contributed by atoms with Gasteiger partial charge in [-0.1, -0.05) is 11.6 Å².